The van der Waals surface area contributed by atoms with Crippen molar-refractivity contribution >= 4 is 32.6 Å². The molecule has 0 fully saturated rings. The molecule has 0 aliphatic heterocycles. The number of hydrogen-bond donors (Lipinski definition) is 0. The van der Waals surface area contributed by atoms with Crippen LogP contribution in [0.2, 0.25) is 0 Å². The number of rotatable bonds is 5. The molecule has 4 aromatic rings. The minimum absolute atomic E-state index is 0.155. The van der Waals surface area contributed by atoms with Crippen molar-refractivity contribution in [1.82, 2.24) is 4.98 Å². The van der Waals surface area contributed by atoms with E-state index >= 15 is 0 Å². The molecule has 0 amide bonds. The maximum absolute atomic E-state index is 14.0. The number of pyridine rings is 1. The zero-order valence-corrected chi connectivity index (χ0v) is 17.2. The first-order valence-corrected chi connectivity index (χ1v) is 10.7. The highest BCUT2D eigenvalue weighted by Crippen LogP contribution is 2.26. The summed E-state index contributed by atoms with van der Waals surface area (Å²) in [4.78, 5) is 16.3. The third-order valence-corrected chi connectivity index (χ3v) is 6.51. The Balaban J connectivity index is 1.52. The molecule has 1 heterocycles. The van der Waals surface area contributed by atoms with E-state index in [4.69, 9.17) is 4.74 Å². The van der Waals surface area contributed by atoms with Gasteiger partial charge in [0.05, 0.1) is 11.2 Å². The van der Waals surface area contributed by atoms with E-state index < -0.39 is 26.7 Å². The highest BCUT2D eigenvalue weighted by atomic mass is 32.2. The van der Waals surface area contributed by atoms with Crippen molar-refractivity contribution in [2.24, 2.45) is 0 Å². The molecule has 8 heteroatoms. The first kappa shape index (κ1) is 20.5. The molecule has 0 saturated carbocycles. The summed E-state index contributed by atoms with van der Waals surface area (Å²) in [5.74, 6) is -1.24. The summed E-state index contributed by atoms with van der Waals surface area (Å²) in [5.41, 5.74) is 1.11. The highest BCUT2D eigenvalue weighted by molar-refractivity contribution is 7.92. The van der Waals surface area contributed by atoms with Gasteiger partial charge in [-0.25, -0.2) is 22.6 Å². The van der Waals surface area contributed by atoms with Gasteiger partial charge >= 0.3 is 5.97 Å². The predicted octanol–water partition coefficient (Wildman–Crippen LogP) is 4.42. The van der Waals surface area contributed by atoms with Gasteiger partial charge in [-0.15, -0.1) is 0 Å². The lowest BCUT2D eigenvalue weighted by atomic mass is 10.2. The molecule has 0 unspecified atom stereocenters. The fourth-order valence-electron chi connectivity index (χ4n) is 3.00. The van der Waals surface area contributed by atoms with Crippen LogP contribution in [0, 0.1) is 5.82 Å². The average molecular weight is 436 g/mol. The fraction of sp³-hybridized carbons (Fsp3) is 0.0435. The molecule has 0 N–H and O–H groups in total. The molecule has 156 valence electrons. The van der Waals surface area contributed by atoms with Crippen LogP contribution in [0.5, 0.6) is 5.75 Å². The number of anilines is 1. The summed E-state index contributed by atoms with van der Waals surface area (Å²) >= 11 is 0. The van der Waals surface area contributed by atoms with Crippen molar-refractivity contribution in [2.75, 3.05) is 11.4 Å². The summed E-state index contributed by atoms with van der Waals surface area (Å²) in [6.07, 6.45) is 0. The number of fused-ring (bicyclic) bond motifs is 1. The van der Waals surface area contributed by atoms with E-state index in [-0.39, 0.29) is 17.1 Å². The van der Waals surface area contributed by atoms with E-state index in [1.165, 1.54) is 49.5 Å². The Bertz CT molecular complexity index is 1370. The summed E-state index contributed by atoms with van der Waals surface area (Å²) in [5, 5.41) is 0.905. The van der Waals surface area contributed by atoms with Gasteiger partial charge in [-0.1, -0.05) is 36.4 Å². The third kappa shape index (κ3) is 4.10. The van der Waals surface area contributed by atoms with Crippen LogP contribution in [0.25, 0.3) is 10.9 Å². The third-order valence-electron chi connectivity index (χ3n) is 4.69. The van der Waals surface area contributed by atoms with E-state index in [9.17, 15) is 17.6 Å². The second-order valence-electron chi connectivity index (χ2n) is 6.68. The van der Waals surface area contributed by atoms with E-state index in [0.717, 1.165) is 15.8 Å². The number of benzene rings is 3. The molecular weight excluding hydrogens is 419 g/mol. The number of carbonyl (C=O) groups excluding carboxylic acids is 1. The van der Waals surface area contributed by atoms with Crippen molar-refractivity contribution in [2.45, 2.75) is 4.90 Å². The van der Waals surface area contributed by atoms with Crippen molar-refractivity contribution in [3.8, 4) is 5.75 Å². The molecule has 0 aliphatic rings. The number of para-hydroxylation sites is 1. The quantitative estimate of drug-likeness (QED) is 0.342. The molecule has 0 aliphatic carbocycles. The van der Waals surface area contributed by atoms with Crippen molar-refractivity contribution in [3.63, 3.8) is 0 Å². The van der Waals surface area contributed by atoms with E-state index in [1.54, 1.807) is 18.2 Å². The Hall–Kier alpha value is -3.78. The first-order chi connectivity index (χ1) is 14.9. The largest absolute Gasteiger partial charge is 0.422 e. The minimum atomic E-state index is -4.08. The van der Waals surface area contributed by atoms with Gasteiger partial charge in [0.25, 0.3) is 10.0 Å². The Morgan fingerprint density at radius 3 is 2.32 bits per heavy atom. The van der Waals surface area contributed by atoms with Gasteiger partial charge in [-0.3, -0.25) is 4.31 Å². The molecule has 0 saturated heterocycles. The van der Waals surface area contributed by atoms with Crippen LogP contribution in [-0.4, -0.2) is 26.4 Å². The standard InChI is InChI=1S/C23H17FN2O4S/c1-26(31(28,29)22-9-5-3-7-19(22)24)17-11-13-18(14-12-17)30-23(27)21-15-10-16-6-2-4-8-20(16)25-21/h2-15H,1H3. The predicted molar refractivity (Wildman–Crippen MR) is 115 cm³/mol. The maximum Gasteiger partial charge on any atom is 0.362 e. The molecule has 0 atom stereocenters. The van der Waals surface area contributed by atoms with Gasteiger partial charge in [0.2, 0.25) is 0 Å². The lowest BCUT2D eigenvalue weighted by molar-refractivity contribution is 0.0729. The second kappa shape index (κ2) is 8.16. The zero-order valence-electron chi connectivity index (χ0n) is 16.4. The maximum atomic E-state index is 14.0. The molecule has 1 aromatic heterocycles. The van der Waals surface area contributed by atoms with Crippen LogP contribution in [0.1, 0.15) is 10.5 Å². The molecule has 0 radical (unpaired) electrons. The molecule has 31 heavy (non-hydrogen) atoms. The van der Waals surface area contributed by atoms with Crippen molar-refractivity contribution < 1.29 is 22.3 Å². The van der Waals surface area contributed by atoms with Crippen LogP contribution in [0.3, 0.4) is 0 Å². The molecule has 3 aromatic carbocycles. The van der Waals surface area contributed by atoms with Gasteiger partial charge in [-0.05, 0) is 48.5 Å². The van der Waals surface area contributed by atoms with Crippen LogP contribution < -0.4 is 9.04 Å². The molecule has 6 nitrogen and oxygen atoms in total. The molecule has 0 bridgehead atoms. The lowest BCUT2D eigenvalue weighted by Gasteiger charge is -2.20. The van der Waals surface area contributed by atoms with Gasteiger partial charge in [0.15, 0.2) is 0 Å². The first-order valence-electron chi connectivity index (χ1n) is 9.28. The van der Waals surface area contributed by atoms with E-state index in [2.05, 4.69) is 4.98 Å². The monoisotopic (exact) mass is 436 g/mol. The number of aromatic nitrogens is 1. The number of carbonyl (C=O) groups is 1. The van der Waals surface area contributed by atoms with Crippen LogP contribution >= 0.6 is 0 Å². The molecule has 0 spiro atoms. The zero-order chi connectivity index (χ0) is 22.0. The lowest BCUT2D eigenvalue weighted by Crippen LogP contribution is -2.27. The Morgan fingerprint density at radius 2 is 1.58 bits per heavy atom. The highest BCUT2D eigenvalue weighted by Gasteiger charge is 2.24. The summed E-state index contributed by atoms with van der Waals surface area (Å²) < 4.78 is 45.7. The van der Waals surface area contributed by atoms with Gasteiger partial charge in [0, 0.05) is 12.4 Å². The molecule has 4 rings (SSSR count). The second-order valence-corrected chi connectivity index (χ2v) is 8.61. The number of nitrogens with zero attached hydrogens (tertiary/aromatic N) is 2. The summed E-state index contributed by atoms with van der Waals surface area (Å²) in [6, 6.07) is 21.8. The average Bonchev–Trinajstić information content (AvgIpc) is 2.79. The topological polar surface area (TPSA) is 76.6 Å². The van der Waals surface area contributed by atoms with Crippen molar-refractivity contribution in [1.29, 1.82) is 0 Å². The number of sulfonamides is 1. The smallest absolute Gasteiger partial charge is 0.362 e. The van der Waals surface area contributed by atoms with E-state index in [0.29, 0.717) is 5.52 Å². The van der Waals surface area contributed by atoms with Crippen LogP contribution in [-0.2, 0) is 10.0 Å². The number of ether oxygens (including phenoxy) is 1. The van der Waals surface area contributed by atoms with Gasteiger partial charge < -0.3 is 4.74 Å². The van der Waals surface area contributed by atoms with Gasteiger partial charge in [-0.2, -0.15) is 0 Å². The normalized spacial score (nSPS) is 11.3. The van der Waals surface area contributed by atoms with Gasteiger partial charge in [0.1, 0.15) is 22.2 Å². The van der Waals surface area contributed by atoms with Crippen LogP contribution in [0.15, 0.2) is 89.8 Å². The SMILES string of the molecule is CN(c1ccc(OC(=O)c2ccc3ccccc3n2)cc1)S(=O)(=O)c1ccccc1F. The summed E-state index contributed by atoms with van der Waals surface area (Å²) in [6.45, 7) is 0. The Kier molecular flexibility index (Phi) is 5.39. The molecular formula is C23H17FN2O4S. The Morgan fingerprint density at radius 1 is 0.903 bits per heavy atom. The number of esters is 1. The van der Waals surface area contributed by atoms with Crippen molar-refractivity contribution in [3.05, 3.63) is 96.4 Å². The fourth-order valence-corrected chi connectivity index (χ4v) is 4.26. The number of halogens is 1. The summed E-state index contributed by atoms with van der Waals surface area (Å²) in [7, 11) is -2.76. The Labute approximate surface area is 178 Å². The van der Waals surface area contributed by atoms with Crippen LogP contribution in [0.4, 0.5) is 10.1 Å². The van der Waals surface area contributed by atoms with E-state index in [1.807, 2.05) is 18.2 Å². The number of hydrogen-bond acceptors (Lipinski definition) is 5. The minimum Gasteiger partial charge on any atom is -0.422 e.